The van der Waals surface area contributed by atoms with Crippen LogP contribution in [0.2, 0.25) is 0 Å². The normalized spacial score (nSPS) is 13.3. The zero-order valence-electron chi connectivity index (χ0n) is 17.0. The van der Waals surface area contributed by atoms with Gasteiger partial charge < -0.3 is 16.0 Å². The van der Waals surface area contributed by atoms with Gasteiger partial charge in [0.2, 0.25) is 17.8 Å². The predicted molar refractivity (Wildman–Crippen MR) is 116 cm³/mol. The number of nitrogens with one attached hydrogen (secondary N) is 1. The van der Waals surface area contributed by atoms with Gasteiger partial charge in [-0.25, -0.2) is 0 Å². The van der Waals surface area contributed by atoms with E-state index < -0.39 is 0 Å². The predicted octanol–water partition coefficient (Wildman–Crippen LogP) is 2.23. The lowest BCUT2D eigenvalue weighted by atomic mass is 10.2. The Kier molecular flexibility index (Phi) is 5.53. The van der Waals surface area contributed by atoms with Crippen LogP contribution in [-0.2, 0) is 10.5 Å². The average Bonchev–Trinajstić information content (AvgIpc) is 3.45. The largest absolute Gasteiger partial charge is 0.368 e. The van der Waals surface area contributed by atoms with E-state index in [1.165, 1.54) is 18.7 Å². The molecule has 0 spiro atoms. The molecule has 1 aliphatic rings. The number of nitrogen functional groups attached to an aromatic ring is 1. The number of nitrogens with two attached hydrogens (primary N) is 1. The maximum Gasteiger partial charge on any atom is 0.229 e. The lowest BCUT2D eigenvalue weighted by Gasteiger charge is -2.13. The van der Waals surface area contributed by atoms with Gasteiger partial charge in [-0.05, 0) is 31.0 Å². The second kappa shape index (κ2) is 8.27. The fourth-order valence-corrected chi connectivity index (χ4v) is 3.78. The third-order valence-corrected chi connectivity index (χ3v) is 5.37. The van der Waals surface area contributed by atoms with E-state index in [2.05, 4.69) is 30.5 Å². The molecular formula is C19H23N9OS. The number of nitrogens with zero attached hydrogens (tertiary/aromatic N) is 7. The highest BCUT2D eigenvalue weighted by atomic mass is 32.2. The highest BCUT2D eigenvalue weighted by Crippen LogP contribution is 2.41. The van der Waals surface area contributed by atoms with Crippen molar-refractivity contribution in [3.05, 3.63) is 35.9 Å². The van der Waals surface area contributed by atoms with Crippen molar-refractivity contribution in [2.75, 3.05) is 30.0 Å². The number of amides is 1. The molecule has 1 aromatic carbocycles. The molecule has 1 aliphatic carbocycles. The second-order valence-electron chi connectivity index (χ2n) is 7.27. The van der Waals surface area contributed by atoms with Gasteiger partial charge in [0.1, 0.15) is 11.6 Å². The molecular weight excluding hydrogens is 402 g/mol. The average molecular weight is 426 g/mol. The first-order valence-corrected chi connectivity index (χ1v) is 10.5. The van der Waals surface area contributed by atoms with E-state index in [0.29, 0.717) is 23.4 Å². The number of carbonyl (C=O) groups excluding carboxylic acids is 1. The molecule has 156 valence electrons. The minimum atomic E-state index is -0.114. The molecule has 0 bridgehead atoms. The van der Waals surface area contributed by atoms with Gasteiger partial charge in [0.05, 0.1) is 11.4 Å². The number of rotatable bonds is 7. The standard InChI is InChI=1S/C19H23N9OS/c1-11(29)21-13-5-4-6-14(9-13)28-16(12-7-8-12)25-26-19(28)30-10-15-22-17(20)24-18(23-15)27(2)3/h4-6,9,12H,7-8,10H2,1-3H3,(H,21,29)(H2,20,22,23,24). The number of hydrogen-bond donors (Lipinski definition) is 2. The molecule has 1 fully saturated rings. The molecule has 30 heavy (non-hydrogen) atoms. The minimum Gasteiger partial charge on any atom is -0.368 e. The number of hydrogen-bond acceptors (Lipinski definition) is 9. The van der Waals surface area contributed by atoms with Crippen molar-refractivity contribution >= 4 is 35.3 Å². The molecule has 0 unspecified atom stereocenters. The van der Waals surface area contributed by atoms with E-state index in [-0.39, 0.29) is 11.9 Å². The molecule has 10 nitrogen and oxygen atoms in total. The van der Waals surface area contributed by atoms with Gasteiger partial charge in [-0.2, -0.15) is 15.0 Å². The van der Waals surface area contributed by atoms with Gasteiger partial charge in [-0.15, -0.1) is 10.2 Å². The molecule has 0 saturated heterocycles. The lowest BCUT2D eigenvalue weighted by molar-refractivity contribution is -0.114. The van der Waals surface area contributed by atoms with Crippen LogP contribution in [0.4, 0.5) is 17.6 Å². The van der Waals surface area contributed by atoms with Gasteiger partial charge in [-0.1, -0.05) is 17.8 Å². The van der Waals surface area contributed by atoms with E-state index in [1.54, 1.807) is 4.90 Å². The molecule has 1 amide bonds. The van der Waals surface area contributed by atoms with Crippen molar-refractivity contribution in [3.8, 4) is 5.69 Å². The molecule has 0 radical (unpaired) electrons. The zero-order chi connectivity index (χ0) is 21.3. The Balaban J connectivity index is 1.63. The van der Waals surface area contributed by atoms with Crippen LogP contribution in [0.1, 0.15) is 37.3 Å². The van der Waals surface area contributed by atoms with Crippen molar-refractivity contribution in [2.24, 2.45) is 0 Å². The van der Waals surface area contributed by atoms with Gasteiger partial charge in [0.15, 0.2) is 5.16 Å². The van der Waals surface area contributed by atoms with E-state index in [0.717, 1.165) is 35.2 Å². The van der Waals surface area contributed by atoms with Gasteiger partial charge >= 0.3 is 0 Å². The first-order valence-electron chi connectivity index (χ1n) is 9.54. The van der Waals surface area contributed by atoms with Crippen LogP contribution in [0, 0.1) is 0 Å². The van der Waals surface area contributed by atoms with Crippen molar-refractivity contribution in [2.45, 2.75) is 36.6 Å². The van der Waals surface area contributed by atoms with Crippen LogP contribution in [0.15, 0.2) is 29.4 Å². The van der Waals surface area contributed by atoms with Gasteiger partial charge in [0.25, 0.3) is 0 Å². The number of anilines is 3. The molecule has 0 aliphatic heterocycles. The van der Waals surface area contributed by atoms with E-state index >= 15 is 0 Å². The van der Waals surface area contributed by atoms with Crippen molar-refractivity contribution in [1.82, 2.24) is 29.7 Å². The Morgan fingerprint density at radius 3 is 2.77 bits per heavy atom. The van der Waals surface area contributed by atoms with Crippen LogP contribution < -0.4 is 16.0 Å². The van der Waals surface area contributed by atoms with Crippen LogP contribution in [-0.4, -0.2) is 49.7 Å². The van der Waals surface area contributed by atoms with E-state index in [9.17, 15) is 4.79 Å². The molecule has 0 atom stereocenters. The summed E-state index contributed by atoms with van der Waals surface area (Å²) < 4.78 is 2.05. The molecule has 2 heterocycles. The third kappa shape index (κ3) is 4.51. The first kappa shape index (κ1) is 20.1. The fourth-order valence-electron chi connectivity index (χ4n) is 2.97. The highest BCUT2D eigenvalue weighted by Gasteiger charge is 2.31. The van der Waals surface area contributed by atoms with E-state index in [4.69, 9.17) is 5.73 Å². The number of thioether (sulfide) groups is 1. The summed E-state index contributed by atoms with van der Waals surface area (Å²) in [5.41, 5.74) is 7.46. The maximum atomic E-state index is 11.4. The molecule has 3 N–H and O–H groups in total. The maximum absolute atomic E-state index is 11.4. The Morgan fingerprint density at radius 1 is 1.27 bits per heavy atom. The second-order valence-corrected chi connectivity index (χ2v) is 8.22. The number of carbonyl (C=O) groups is 1. The molecule has 3 aromatic rings. The fraction of sp³-hybridized carbons (Fsp3) is 0.368. The lowest BCUT2D eigenvalue weighted by Crippen LogP contribution is -2.16. The summed E-state index contributed by atoms with van der Waals surface area (Å²) in [5, 5.41) is 12.4. The van der Waals surface area contributed by atoms with Crippen LogP contribution in [0.25, 0.3) is 5.69 Å². The van der Waals surface area contributed by atoms with Crippen LogP contribution >= 0.6 is 11.8 Å². The summed E-state index contributed by atoms with van der Waals surface area (Å²) in [6.07, 6.45) is 2.20. The zero-order valence-corrected chi connectivity index (χ0v) is 17.8. The molecule has 4 rings (SSSR count). The van der Waals surface area contributed by atoms with Gasteiger partial charge in [0, 0.05) is 32.6 Å². The third-order valence-electron chi connectivity index (χ3n) is 4.44. The Morgan fingerprint density at radius 2 is 2.07 bits per heavy atom. The topological polar surface area (TPSA) is 128 Å². The Bertz CT molecular complexity index is 1080. The van der Waals surface area contributed by atoms with Crippen LogP contribution in [0.5, 0.6) is 0 Å². The molecule has 1 saturated carbocycles. The summed E-state index contributed by atoms with van der Waals surface area (Å²) >= 11 is 1.49. The Labute approximate surface area is 178 Å². The minimum absolute atomic E-state index is 0.114. The van der Waals surface area contributed by atoms with Crippen molar-refractivity contribution in [3.63, 3.8) is 0 Å². The first-order chi connectivity index (χ1) is 14.4. The summed E-state index contributed by atoms with van der Waals surface area (Å²) in [5.74, 6) is 2.98. The SMILES string of the molecule is CC(=O)Nc1cccc(-n2c(SCc3nc(N)nc(N(C)C)n3)nnc2C2CC2)c1. The summed E-state index contributed by atoms with van der Waals surface area (Å²) in [7, 11) is 3.71. The number of benzene rings is 1. The summed E-state index contributed by atoms with van der Waals surface area (Å²) in [6.45, 7) is 1.49. The summed E-state index contributed by atoms with van der Waals surface area (Å²) in [6, 6.07) is 7.67. The van der Waals surface area contributed by atoms with Crippen molar-refractivity contribution < 1.29 is 4.79 Å². The van der Waals surface area contributed by atoms with Crippen LogP contribution in [0.3, 0.4) is 0 Å². The summed E-state index contributed by atoms with van der Waals surface area (Å²) in [4.78, 5) is 26.0. The molecule has 11 heteroatoms. The monoisotopic (exact) mass is 425 g/mol. The molecule has 2 aromatic heterocycles. The smallest absolute Gasteiger partial charge is 0.229 e. The Hall–Kier alpha value is -3.21. The quantitative estimate of drug-likeness (QED) is 0.548. The number of aromatic nitrogens is 6. The highest BCUT2D eigenvalue weighted by molar-refractivity contribution is 7.98. The van der Waals surface area contributed by atoms with E-state index in [1.807, 2.05) is 42.9 Å². The van der Waals surface area contributed by atoms with Crippen molar-refractivity contribution in [1.29, 1.82) is 0 Å². The van der Waals surface area contributed by atoms with Gasteiger partial charge in [-0.3, -0.25) is 9.36 Å².